The maximum atomic E-state index is 5.76. The van der Waals surface area contributed by atoms with Crippen LogP contribution in [0.4, 0.5) is 0 Å². The van der Waals surface area contributed by atoms with Crippen LogP contribution < -0.4 is 0 Å². The van der Waals surface area contributed by atoms with Crippen molar-refractivity contribution in [2.75, 3.05) is 13.2 Å². The monoisotopic (exact) mass is 231 g/mol. The van der Waals surface area contributed by atoms with Crippen LogP contribution in [-0.4, -0.2) is 33.5 Å². The van der Waals surface area contributed by atoms with Crippen molar-refractivity contribution in [2.24, 2.45) is 4.99 Å². The second kappa shape index (κ2) is 5.10. The molecular weight excluding hydrogens is 214 g/mol. The van der Waals surface area contributed by atoms with Crippen LogP contribution in [0.25, 0.3) is 0 Å². The van der Waals surface area contributed by atoms with E-state index in [9.17, 15) is 0 Å². The maximum Gasteiger partial charge on any atom is 0.0931 e. The number of rotatable bonds is 5. The SMILES string of the molecule is C[Si](C)(C)CCOCC1C=C(Cl)C=N1. The smallest absolute Gasteiger partial charge is 0.0931 e. The Morgan fingerprint density at radius 1 is 1.50 bits per heavy atom. The van der Waals surface area contributed by atoms with Gasteiger partial charge < -0.3 is 4.74 Å². The number of aliphatic imine (C=N–C) groups is 1. The molecule has 0 aliphatic carbocycles. The van der Waals surface area contributed by atoms with Crippen LogP contribution >= 0.6 is 11.6 Å². The quantitative estimate of drug-likeness (QED) is 0.527. The van der Waals surface area contributed by atoms with Crippen molar-refractivity contribution < 1.29 is 4.74 Å². The summed E-state index contributed by atoms with van der Waals surface area (Å²) in [4.78, 5) is 4.19. The molecule has 4 heteroatoms. The number of nitrogens with zero attached hydrogens (tertiary/aromatic N) is 1. The van der Waals surface area contributed by atoms with Gasteiger partial charge in [0.15, 0.2) is 0 Å². The fourth-order valence-corrected chi connectivity index (χ4v) is 2.07. The Labute approximate surface area is 92.0 Å². The molecule has 0 bridgehead atoms. The molecule has 1 atom stereocenters. The largest absolute Gasteiger partial charge is 0.379 e. The van der Waals surface area contributed by atoms with E-state index in [0.717, 1.165) is 11.6 Å². The molecule has 1 rings (SSSR count). The summed E-state index contributed by atoms with van der Waals surface area (Å²) in [5, 5.41) is 0.726. The van der Waals surface area contributed by atoms with Gasteiger partial charge in [-0.15, -0.1) is 0 Å². The van der Waals surface area contributed by atoms with Gasteiger partial charge in [-0.05, 0) is 12.1 Å². The van der Waals surface area contributed by atoms with Crippen LogP contribution in [0.3, 0.4) is 0 Å². The normalized spacial score (nSPS) is 21.4. The molecule has 0 amide bonds. The van der Waals surface area contributed by atoms with E-state index in [4.69, 9.17) is 16.3 Å². The van der Waals surface area contributed by atoms with E-state index in [0.29, 0.717) is 6.61 Å². The first-order valence-electron chi connectivity index (χ1n) is 4.96. The number of ether oxygens (including phenoxy) is 1. The average Bonchev–Trinajstić information content (AvgIpc) is 2.44. The van der Waals surface area contributed by atoms with E-state index in [1.165, 1.54) is 6.04 Å². The minimum absolute atomic E-state index is 0.143. The van der Waals surface area contributed by atoms with Crippen LogP contribution in [0.1, 0.15) is 0 Å². The Kier molecular flexibility index (Phi) is 4.35. The number of halogens is 1. The molecule has 0 radical (unpaired) electrons. The molecule has 0 aromatic carbocycles. The molecule has 0 saturated carbocycles. The molecule has 0 aromatic heterocycles. The highest BCUT2D eigenvalue weighted by Gasteiger charge is 2.13. The lowest BCUT2D eigenvalue weighted by molar-refractivity contribution is 0.143. The van der Waals surface area contributed by atoms with Gasteiger partial charge in [0.05, 0.1) is 17.7 Å². The third kappa shape index (κ3) is 4.93. The molecule has 2 nitrogen and oxygen atoms in total. The molecule has 1 heterocycles. The minimum Gasteiger partial charge on any atom is -0.379 e. The van der Waals surface area contributed by atoms with Gasteiger partial charge in [0.25, 0.3) is 0 Å². The summed E-state index contributed by atoms with van der Waals surface area (Å²) in [6.07, 6.45) is 3.62. The van der Waals surface area contributed by atoms with Crippen molar-refractivity contribution >= 4 is 25.9 Å². The van der Waals surface area contributed by atoms with Crippen LogP contribution in [0.2, 0.25) is 25.7 Å². The van der Waals surface area contributed by atoms with E-state index in [2.05, 4.69) is 24.6 Å². The first-order valence-corrected chi connectivity index (χ1v) is 9.04. The van der Waals surface area contributed by atoms with E-state index >= 15 is 0 Å². The van der Waals surface area contributed by atoms with Crippen LogP contribution in [0.15, 0.2) is 16.1 Å². The fourth-order valence-electron chi connectivity index (χ4n) is 1.11. The third-order valence-electron chi connectivity index (χ3n) is 2.03. The standard InChI is InChI=1S/C10H18ClNOSi/c1-14(2,3)5-4-13-8-10-6-9(11)7-12-10/h6-7,10H,4-5,8H2,1-3H3. The highest BCUT2D eigenvalue weighted by atomic mass is 35.5. The zero-order valence-corrected chi connectivity index (χ0v) is 10.8. The van der Waals surface area contributed by atoms with Crippen LogP contribution in [0.5, 0.6) is 0 Å². The highest BCUT2D eigenvalue weighted by Crippen LogP contribution is 2.12. The van der Waals surface area contributed by atoms with E-state index < -0.39 is 8.07 Å². The number of allylic oxidation sites excluding steroid dienone is 1. The maximum absolute atomic E-state index is 5.76. The first-order chi connectivity index (χ1) is 6.47. The zero-order chi connectivity index (χ0) is 10.6. The first kappa shape index (κ1) is 11.9. The summed E-state index contributed by atoms with van der Waals surface area (Å²) in [6, 6.07) is 1.35. The zero-order valence-electron chi connectivity index (χ0n) is 9.09. The van der Waals surface area contributed by atoms with Gasteiger partial charge in [-0.1, -0.05) is 31.2 Å². The average molecular weight is 232 g/mol. The summed E-state index contributed by atoms with van der Waals surface area (Å²) < 4.78 is 5.56. The fraction of sp³-hybridized carbons (Fsp3) is 0.700. The Morgan fingerprint density at radius 2 is 2.21 bits per heavy atom. The summed E-state index contributed by atoms with van der Waals surface area (Å²) in [5.74, 6) is 0. The van der Waals surface area contributed by atoms with Crippen molar-refractivity contribution in [2.45, 2.75) is 31.7 Å². The topological polar surface area (TPSA) is 21.6 Å². The highest BCUT2D eigenvalue weighted by molar-refractivity contribution is 6.76. The molecule has 80 valence electrons. The van der Waals surface area contributed by atoms with Gasteiger partial charge >= 0.3 is 0 Å². The van der Waals surface area contributed by atoms with Crippen molar-refractivity contribution in [3.63, 3.8) is 0 Å². The summed E-state index contributed by atoms with van der Waals surface area (Å²) in [6.45, 7) is 8.56. The summed E-state index contributed by atoms with van der Waals surface area (Å²) in [7, 11) is -0.952. The molecule has 0 saturated heterocycles. The molecule has 14 heavy (non-hydrogen) atoms. The predicted octanol–water partition coefficient (Wildman–Crippen LogP) is 2.92. The molecule has 0 spiro atoms. The van der Waals surface area contributed by atoms with Crippen molar-refractivity contribution in [1.29, 1.82) is 0 Å². The molecule has 1 aliphatic rings. The molecule has 0 fully saturated rings. The second-order valence-corrected chi connectivity index (χ2v) is 10.8. The van der Waals surface area contributed by atoms with Gasteiger partial charge in [0.2, 0.25) is 0 Å². The van der Waals surface area contributed by atoms with E-state index in [-0.39, 0.29) is 6.04 Å². The second-order valence-electron chi connectivity index (χ2n) is 4.78. The lowest BCUT2D eigenvalue weighted by Gasteiger charge is -2.15. The van der Waals surface area contributed by atoms with Gasteiger partial charge in [0.1, 0.15) is 0 Å². The van der Waals surface area contributed by atoms with Gasteiger partial charge in [0, 0.05) is 20.9 Å². The lowest BCUT2D eigenvalue weighted by atomic mass is 10.3. The van der Waals surface area contributed by atoms with Crippen molar-refractivity contribution in [3.8, 4) is 0 Å². The number of hydrogen-bond acceptors (Lipinski definition) is 2. The Morgan fingerprint density at radius 3 is 2.71 bits per heavy atom. The Hall–Kier alpha value is -0.123. The van der Waals surface area contributed by atoms with Crippen LogP contribution in [0, 0.1) is 0 Å². The molecule has 0 N–H and O–H groups in total. The Bertz CT molecular complexity index is 245. The van der Waals surface area contributed by atoms with E-state index in [1.54, 1.807) is 6.21 Å². The van der Waals surface area contributed by atoms with Gasteiger partial charge in [-0.3, -0.25) is 4.99 Å². The van der Waals surface area contributed by atoms with Gasteiger partial charge in [-0.25, -0.2) is 0 Å². The molecule has 1 unspecified atom stereocenters. The van der Waals surface area contributed by atoms with E-state index in [1.807, 2.05) is 6.08 Å². The molecular formula is C10H18ClNOSi. The predicted molar refractivity (Wildman–Crippen MR) is 65.2 cm³/mol. The lowest BCUT2D eigenvalue weighted by Crippen LogP contribution is -2.22. The Balaban J connectivity index is 2.09. The molecule has 1 aliphatic heterocycles. The van der Waals surface area contributed by atoms with Crippen molar-refractivity contribution in [3.05, 3.63) is 11.1 Å². The molecule has 0 aromatic rings. The van der Waals surface area contributed by atoms with Gasteiger partial charge in [-0.2, -0.15) is 0 Å². The van der Waals surface area contributed by atoms with Crippen molar-refractivity contribution in [1.82, 2.24) is 0 Å². The third-order valence-corrected chi connectivity index (χ3v) is 3.95. The summed E-state index contributed by atoms with van der Waals surface area (Å²) >= 11 is 5.76. The summed E-state index contributed by atoms with van der Waals surface area (Å²) in [5.41, 5.74) is 0. The number of hydrogen-bond donors (Lipinski definition) is 0. The minimum atomic E-state index is -0.952. The van der Waals surface area contributed by atoms with Crippen LogP contribution in [-0.2, 0) is 4.74 Å².